The number of imidazole rings is 1. The van der Waals surface area contributed by atoms with Crippen molar-refractivity contribution in [1.29, 1.82) is 0 Å². The molecule has 10 heteroatoms. The first-order chi connectivity index (χ1) is 16.2. The fourth-order valence-electron chi connectivity index (χ4n) is 4.02. The van der Waals surface area contributed by atoms with Crippen molar-refractivity contribution in [2.45, 2.75) is 58.0 Å². The van der Waals surface area contributed by atoms with Gasteiger partial charge in [-0.1, -0.05) is 6.92 Å². The van der Waals surface area contributed by atoms with Gasteiger partial charge in [-0.3, -0.25) is 9.36 Å². The molecule has 0 bridgehead atoms. The third kappa shape index (κ3) is 5.74. The Kier molecular flexibility index (Phi) is 8.00. The minimum atomic E-state index is 0.157. The molecule has 1 N–H and O–H groups in total. The molecule has 4 heterocycles. The Morgan fingerprint density at radius 2 is 2.24 bits per heavy atom. The van der Waals surface area contributed by atoms with E-state index in [-0.39, 0.29) is 11.9 Å². The molecule has 3 aromatic heterocycles. The van der Waals surface area contributed by atoms with Crippen molar-refractivity contribution in [2.24, 2.45) is 0 Å². The summed E-state index contributed by atoms with van der Waals surface area (Å²) in [6.45, 7) is 6.89. The molecule has 33 heavy (non-hydrogen) atoms. The zero-order valence-electron chi connectivity index (χ0n) is 19.3. The predicted molar refractivity (Wildman–Crippen MR) is 129 cm³/mol. The lowest BCUT2D eigenvalue weighted by molar-refractivity contribution is -0.132. The van der Waals surface area contributed by atoms with Crippen molar-refractivity contribution in [1.82, 2.24) is 29.4 Å². The molecule has 1 aliphatic rings. The van der Waals surface area contributed by atoms with Crippen LogP contribution in [0.2, 0.25) is 12.6 Å². The minimum Gasteiger partial charge on any atom is -0.365 e. The highest BCUT2D eigenvalue weighted by Gasteiger charge is 2.24. The number of ether oxygens (including phenoxy) is 1. The summed E-state index contributed by atoms with van der Waals surface area (Å²) in [6.07, 6.45) is 8.71. The standard InChI is InChI=1S/C23H31N7O2Si/c1-3-6-20(31)29-10-5-7-17(14-29)27-21-18(8-4-9-24-21)19-13-25-23-22(28-19)26-15-30(23)16-32-11-12-33-2/h4,8-9,13,15,17H,3,5-7,10-12,14,16H2,1-2H3,(H,24,27)/q+1/t17-/m0/s1. The first-order valence-corrected chi connectivity index (χ1v) is 13.3. The molecule has 1 saturated heterocycles. The van der Waals surface area contributed by atoms with E-state index in [1.807, 2.05) is 28.5 Å². The van der Waals surface area contributed by atoms with Crippen molar-refractivity contribution >= 4 is 32.5 Å². The second kappa shape index (κ2) is 11.3. The highest BCUT2D eigenvalue weighted by atomic mass is 28.2. The van der Waals surface area contributed by atoms with Crippen molar-refractivity contribution in [3.05, 3.63) is 30.9 Å². The van der Waals surface area contributed by atoms with Crippen LogP contribution in [0.4, 0.5) is 5.82 Å². The van der Waals surface area contributed by atoms with Crippen molar-refractivity contribution in [3.8, 4) is 11.3 Å². The average molecular weight is 466 g/mol. The Hall–Kier alpha value is -2.85. The highest BCUT2D eigenvalue weighted by molar-refractivity contribution is 6.33. The van der Waals surface area contributed by atoms with Crippen LogP contribution in [0.5, 0.6) is 0 Å². The summed E-state index contributed by atoms with van der Waals surface area (Å²) in [7, 11) is 0.884. The summed E-state index contributed by atoms with van der Waals surface area (Å²) >= 11 is 0. The number of aromatic nitrogens is 5. The Morgan fingerprint density at radius 1 is 1.33 bits per heavy atom. The lowest BCUT2D eigenvalue weighted by Gasteiger charge is -2.33. The van der Waals surface area contributed by atoms with Gasteiger partial charge in [-0.25, -0.2) is 19.9 Å². The van der Waals surface area contributed by atoms with E-state index >= 15 is 0 Å². The lowest BCUT2D eigenvalue weighted by Crippen LogP contribution is -2.45. The van der Waals surface area contributed by atoms with Crippen LogP contribution in [0.1, 0.15) is 32.6 Å². The zero-order valence-corrected chi connectivity index (χ0v) is 20.3. The molecule has 0 saturated carbocycles. The molecular formula is C23H31N7O2Si+. The summed E-state index contributed by atoms with van der Waals surface area (Å²) in [6, 6.07) is 5.10. The largest absolute Gasteiger partial charge is 0.479 e. The number of pyridine rings is 1. The van der Waals surface area contributed by atoms with Gasteiger partial charge < -0.3 is 15.0 Å². The molecule has 1 radical (unpaired) electrons. The van der Waals surface area contributed by atoms with Gasteiger partial charge in [0.2, 0.25) is 5.91 Å². The predicted octanol–water partition coefficient (Wildman–Crippen LogP) is 3.24. The van der Waals surface area contributed by atoms with Gasteiger partial charge in [0.25, 0.3) is 0 Å². The normalized spacial score (nSPS) is 16.2. The number of anilines is 1. The third-order valence-corrected chi connectivity index (χ3v) is 6.42. The number of fused-ring (bicyclic) bond motifs is 1. The van der Waals surface area contributed by atoms with Crippen LogP contribution in [-0.4, -0.2) is 70.6 Å². The number of hydrogen-bond acceptors (Lipinski definition) is 7. The number of amides is 1. The fraction of sp³-hybridized carbons (Fsp3) is 0.522. The van der Waals surface area contributed by atoms with E-state index in [1.54, 1.807) is 18.7 Å². The lowest BCUT2D eigenvalue weighted by atomic mass is 10.0. The van der Waals surface area contributed by atoms with Crippen LogP contribution in [-0.2, 0) is 16.3 Å². The third-order valence-electron chi connectivity index (χ3n) is 5.72. The molecule has 1 atom stereocenters. The maximum Gasteiger partial charge on any atom is 0.479 e. The molecule has 173 valence electrons. The summed E-state index contributed by atoms with van der Waals surface area (Å²) in [4.78, 5) is 32.7. The van der Waals surface area contributed by atoms with Gasteiger partial charge in [0, 0.05) is 37.3 Å². The molecule has 0 aliphatic carbocycles. The first kappa shape index (κ1) is 23.3. The number of nitrogens with zero attached hydrogens (tertiary/aromatic N) is 6. The maximum absolute atomic E-state index is 12.4. The second-order valence-corrected chi connectivity index (χ2v) is 9.44. The minimum absolute atomic E-state index is 0.157. The Labute approximate surface area is 196 Å². The average Bonchev–Trinajstić information content (AvgIpc) is 3.25. The second-order valence-electron chi connectivity index (χ2n) is 8.23. The number of rotatable bonds is 10. The van der Waals surface area contributed by atoms with E-state index in [0.29, 0.717) is 36.7 Å². The Bertz CT molecular complexity index is 1070. The number of piperidine rings is 1. The molecule has 0 spiro atoms. The van der Waals surface area contributed by atoms with Gasteiger partial charge >= 0.3 is 9.52 Å². The van der Waals surface area contributed by atoms with E-state index in [9.17, 15) is 4.79 Å². The monoisotopic (exact) mass is 465 g/mol. The fourth-order valence-corrected chi connectivity index (χ4v) is 4.36. The summed E-state index contributed by atoms with van der Waals surface area (Å²) in [5, 5.41) is 3.55. The summed E-state index contributed by atoms with van der Waals surface area (Å²) in [5.74, 6) is 0.986. The summed E-state index contributed by atoms with van der Waals surface area (Å²) in [5.41, 5.74) is 2.87. The van der Waals surface area contributed by atoms with Crippen LogP contribution in [0.15, 0.2) is 30.9 Å². The van der Waals surface area contributed by atoms with Crippen LogP contribution >= 0.6 is 0 Å². The molecule has 1 fully saturated rings. The van der Waals surface area contributed by atoms with E-state index in [1.165, 1.54) is 0 Å². The topological polar surface area (TPSA) is 98.1 Å². The van der Waals surface area contributed by atoms with Gasteiger partial charge in [-0.2, -0.15) is 0 Å². The Balaban J connectivity index is 1.49. The van der Waals surface area contributed by atoms with Gasteiger partial charge in [-0.15, -0.1) is 0 Å². The smallest absolute Gasteiger partial charge is 0.365 e. The van der Waals surface area contributed by atoms with Crippen LogP contribution in [0.25, 0.3) is 22.6 Å². The number of nitrogens with one attached hydrogen (secondary N) is 1. The number of likely N-dealkylation sites (tertiary alicyclic amines) is 1. The molecule has 9 nitrogen and oxygen atoms in total. The number of carbonyl (C=O) groups excluding carboxylic acids is 1. The highest BCUT2D eigenvalue weighted by Crippen LogP contribution is 2.27. The molecule has 1 aliphatic heterocycles. The zero-order chi connectivity index (χ0) is 23.0. The molecule has 3 aromatic rings. The molecule has 4 rings (SSSR count). The van der Waals surface area contributed by atoms with Crippen LogP contribution in [0, 0.1) is 0 Å². The van der Waals surface area contributed by atoms with E-state index in [0.717, 1.165) is 59.4 Å². The quantitative estimate of drug-likeness (QED) is 0.362. The number of carbonyl (C=O) groups is 1. The van der Waals surface area contributed by atoms with E-state index in [4.69, 9.17) is 9.72 Å². The molecular weight excluding hydrogens is 434 g/mol. The van der Waals surface area contributed by atoms with Gasteiger partial charge in [0.1, 0.15) is 24.9 Å². The van der Waals surface area contributed by atoms with Crippen molar-refractivity contribution in [2.75, 3.05) is 25.0 Å². The summed E-state index contributed by atoms with van der Waals surface area (Å²) < 4.78 is 7.57. The van der Waals surface area contributed by atoms with Crippen LogP contribution < -0.4 is 5.32 Å². The first-order valence-electron chi connectivity index (χ1n) is 11.6. The van der Waals surface area contributed by atoms with E-state index < -0.39 is 0 Å². The molecule has 0 unspecified atom stereocenters. The van der Waals surface area contributed by atoms with Gasteiger partial charge in [0.05, 0.1) is 25.0 Å². The number of hydrogen-bond donors (Lipinski definition) is 1. The Morgan fingerprint density at radius 3 is 3.09 bits per heavy atom. The SMILES string of the molecule is CCCC(=O)N1CCC[C@H](Nc2ncccc2-c2cnc3c(ncn3COCC[Si+]C)n2)C1. The maximum atomic E-state index is 12.4. The van der Waals surface area contributed by atoms with Crippen molar-refractivity contribution < 1.29 is 9.53 Å². The van der Waals surface area contributed by atoms with Crippen LogP contribution in [0.3, 0.4) is 0 Å². The van der Waals surface area contributed by atoms with Gasteiger partial charge in [-0.05, 0) is 31.4 Å². The molecule has 0 aromatic carbocycles. The van der Waals surface area contributed by atoms with E-state index in [2.05, 4.69) is 26.8 Å². The van der Waals surface area contributed by atoms with Gasteiger partial charge in [0.15, 0.2) is 11.3 Å². The van der Waals surface area contributed by atoms with Crippen molar-refractivity contribution in [3.63, 3.8) is 0 Å². The molecule has 1 amide bonds.